The van der Waals surface area contributed by atoms with Crippen LogP contribution < -0.4 is 5.73 Å². The van der Waals surface area contributed by atoms with Crippen molar-refractivity contribution in [3.63, 3.8) is 0 Å². The van der Waals surface area contributed by atoms with E-state index in [0.29, 0.717) is 19.4 Å². The molecule has 0 rings (SSSR count). The first-order valence-electron chi connectivity index (χ1n) is 18.0. The molecule has 3 N–H and O–H groups in total. The highest BCUT2D eigenvalue weighted by Crippen LogP contribution is 2.43. The highest BCUT2D eigenvalue weighted by molar-refractivity contribution is 7.47. The molecule has 0 aliphatic heterocycles. The summed E-state index contributed by atoms with van der Waals surface area (Å²) in [4.78, 5) is 34.7. The number of carbonyl (C=O) groups excluding carboxylic acids is 2. The third-order valence-corrected chi connectivity index (χ3v) is 8.71. The highest BCUT2D eigenvalue weighted by Gasteiger charge is 2.26. The molecule has 0 aromatic heterocycles. The lowest BCUT2D eigenvalue weighted by molar-refractivity contribution is -0.161. The van der Waals surface area contributed by atoms with Crippen molar-refractivity contribution in [2.45, 2.75) is 180 Å². The van der Waals surface area contributed by atoms with Gasteiger partial charge in [-0.05, 0) is 25.8 Å². The smallest absolute Gasteiger partial charge is 0.462 e. The van der Waals surface area contributed by atoms with E-state index in [0.717, 1.165) is 32.1 Å². The Morgan fingerprint density at radius 1 is 0.591 bits per heavy atom. The van der Waals surface area contributed by atoms with Crippen LogP contribution in [0.4, 0.5) is 0 Å². The number of hydrogen-bond donors (Lipinski definition) is 2. The molecule has 0 saturated heterocycles. The molecule has 262 valence electrons. The van der Waals surface area contributed by atoms with Gasteiger partial charge in [-0.15, -0.1) is 0 Å². The number of carbonyl (C=O) groups is 2. The van der Waals surface area contributed by atoms with Crippen LogP contribution in [0.1, 0.15) is 174 Å². The van der Waals surface area contributed by atoms with Crippen molar-refractivity contribution in [1.82, 2.24) is 0 Å². The van der Waals surface area contributed by atoms with E-state index in [-0.39, 0.29) is 32.0 Å². The van der Waals surface area contributed by atoms with Crippen LogP contribution in [0.5, 0.6) is 0 Å². The average Bonchev–Trinajstić information content (AvgIpc) is 3.00. The zero-order chi connectivity index (χ0) is 32.6. The minimum atomic E-state index is -4.34. The number of rotatable bonds is 34. The molecule has 0 aliphatic carbocycles. The summed E-state index contributed by atoms with van der Waals surface area (Å²) < 4.78 is 32.9. The topological polar surface area (TPSA) is 134 Å². The van der Waals surface area contributed by atoms with Crippen molar-refractivity contribution in [2.24, 2.45) is 5.73 Å². The molecule has 0 saturated carbocycles. The molecule has 0 amide bonds. The largest absolute Gasteiger partial charge is 0.472 e. The number of phosphoric ester groups is 1. The predicted octanol–water partition coefficient (Wildman–Crippen LogP) is 9.33. The van der Waals surface area contributed by atoms with Crippen LogP contribution in [-0.2, 0) is 32.7 Å². The Bertz CT molecular complexity index is 709. The number of hydrogen-bond acceptors (Lipinski definition) is 8. The number of ether oxygens (including phenoxy) is 2. The summed E-state index contributed by atoms with van der Waals surface area (Å²) in [7, 11) is -4.34. The summed E-state index contributed by atoms with van der Waals surface area (Å²) in [5, 5.41) is 0. The fraction of sp³-hybridized carbons (Fsp3) is 0.941. The third kappa shape index (κ3) is 31.0. The van der Waals surface area contributed by atoms with E-state index in [1.807, 2.05) is 0 Å². The molecule has 10 heteroatoms. The Morgan fingerprint density at radius 3 is 1.43 bits per heavy atom. The molecule has 0 aromatic carbocycles. The lowest BCUT2D eigenvalue weighted by atomic mass is 10.1. The third-order valence-electron chi connectivity index (χ3n) is 7.72. The first-order valence-corrected chi connectivity index (χ1v) is 19.5. The second kappa shape index (κ2) is 32.0. The van der Waals surface area contributed by atoms with Gasteiger partial charge in [-0.25, -0.2) is 4.57 Å². The van der Waals surface area contributed by atoms with Crippen LogP contribution in [0, 0.1) is 0 Å². The van der Waals surface area contributed by atoms with Crippen molar-refractivity contribution >= 4 is 19.8 Å². The van der Waals surface area contributed by atoms with E-state index in [9.17, 15) is 19.0 Å². The lowest BCUT2D eigenvalue weighted by Crippen LogP contribution is -2.29. The summed E-state index contributed by atoms with van der Waals surface area (Å²) in [5.74, 6) is -0.813. The zero-order valence-electron chi connectivity index (χ0n) is 28.4. The zero-order valence-corrected chi connectivity index (χ0v) is 29.3. The molecule has 0 bridgehead atoms. The van der Waals surface area contributed by atoms with E-state index in [2.05, 4.69) is 13.8 Å². The maximum Gasteiger partial charge on any atom is 0.472 e. The molecular weight excluding hydrogens is 581 g/mol. The lowest BCUT2D eigenvalue weighted by Gasteiger charge is -2.20. The Balaban J connectivity index is 4.31. The number of unbranched alkanes of at least 4 members (excludes halogenated alkanes) is 20. The summed E-state index contributed by atoms with van der Waals surface area (Å²) in [6, 6.07) is 0. The van der Waals surface area contributed by atoms with Gasteiger partial charge in [0, 0.05) is 12.8 Å². The van der Waals surface area contributed by atoms with Gasteiger partial charge >= 0.3 is 19.8 Å². The molecule has 0 spiro atoms. The number of esters is 2. The van der Waals surface area contributed by atoms with Crippen LogP contribution in [0.25, 0.3) is 0 Å². The Morgan fingerprint density at radius 2 is 1.00 bits per heavy atom. The van der Waals surface area contributed by atoms with E-state index >= 15 is 0 Å². The first kappa shape index (κ1) is 43.0. The maximum absolute atomic E-state index is 12.5. The molecule has 9 nitrogen and oxygen atoms in total. The second-order valence-corrected chi connectivity index (χ2v) is 13.6. The molecule has 0 aromatic rings. The van der Waals surface area contributed by atoms with E-state index in [1.165, 1.54) is 103 Å². The summed E-state index contributed by atoms with van der Waals surface area (Å²) in [6.07, 6.45) is 26.0. The maximum atomic E-state index is 12.5. The SMILES string of the molecule is CCCCCCCCCCCCCC(=O)OCC(COP(=O)(O)OCCCN)OC(=O)CCCCCCCCCCCCC. The summed E-state index contributed by atoms with van der Waals surface area (Å²) in [6.45, 7) is 4.11. The van der Waals surface area contributed by atoms with Gasteiger partial charge in [0.25, 0.3) is 0 Å². The monoisotopic (exact) mass is 649 g/mol. The minimum absolute atomic E-state index is 0.0263. The van der Waals surface area contributed by atoms with Crippen LogP contribution >= 0.6 is 7.82 Å². The van der Waals surface area contributed by atoms with Gasteiger partial charge in [-0.3, -0.25) is 18.6 Å². The highest BCUT2D eigenvalue weighted by atomic mass is 31.2. The number of phosphoric acid groups is 1. The van der Waals surface area contributed by atoms with Crippen molar-refractivity contribution in [2.75, 3.05) is 26.4 Å². The molecule has 44 heavy (non-hydrogen) atoms. The fourth-order valence-corrected chi connectivity index (χ4v) is 5.75. The van der Waals surface area contributed by atoms with Gasteiger partial charge in [-0.2, -0.15) is 0 Å². The van der Waals surface area contributed by atoms with Crippen LogP contribution in [-0.4, -0.2) is 49.3 Å². The number of nitrogens with two attached hydrogens (primary N) is 1. The van der Waals surface area contributed by atoms with Gasteiger partial charge < -0.3 is 20.1 Å². The predicted molar refractivity (Wildman–Crippen MR) is 178 cm³/mol. The fourth-order valence-electron chi connectivity index (χ4n) is 4.96. The van der Waals surface area contributed by atoms with Crippen LogP contribution in [0.2, 0.25) is 0 Å². The molecule has 0 heterocycles. The van der Waals surface area contributed by atoms with Crippen molar-refractivity contribution < 1.29 is 37.6 Å². The van der Waals surface area contributed by atoms with Crippen LogP contribution in [0.3, 0.4) is 0 Å². The van der Waals surface area contributed by atoms with E-state index in [4.69, 9.17) is 24.3 Å². The molecular formula is C34H68NO8P. The standard InChI is InChI=1S/C34H68NO8P/c1-3-5-7-9-11-13-15-17-19-21-23-26-33(36)40-30-32(31-42-44(38,39)41-29-25-28-35)43-34(37)27-24-22-20-18-16-14-12-10-8-6-4-2/h32H,3-31,35H2,1-2H3,(H,38,39). The van der Waals surface area contributed by atoms with Gasteiger partial charge in [0.05, 0.1) is 13.2 Å². The van der Waals surface area contributed by atoms with Crippen molar-refractivity contribution in [3.8, 4) is 0 Å². The van der Waals surface area contributed by atoms with E-state index < -0.39 is 26.5 Å². The summed E-state index contributed by atoms with van der Waals surface area (Å²) >= 11 is 0. The average molecular weight is 650 g/mol. The van der Waals surface area contributed by atoms with Crippen LogP contribution in [0.15, 0.2) is 0 Å². The molecule has 0 aliphatic rings. The van der Waals surface area contributed by atoms with Gasteiger partial charge in [0.2, 0.25) is 0 Å². The van der Waals surface area contributed by atoms with Gasteiger partial charge in [0.15, 0.2) is 6.10 Å². The normalized spacial score (nSPS) is 13.5. The van der Waals surface area contributed by atoms with Gasteiger partial charge in [0.1, 0.15) is 6.61 Å². The second-order valence-electron chi connectivity index (χ2n) is 12.1. The molecule has 2 atom stereocenters. The van der Waals surface area contributed by atoms with Crippen molar-refractivity contribution in [3.05, 3.63) is 0 Å². The minimum Gasteiger partial charge on any atom is -0.462 e. The van der Waals surface area contributed by atoms with Gasteiger partial charge in [-0.1, -0.05) is 142 Å². The quantitative estimate of drug-likeness (QED) is 0.0397. The Labute approximate surface area is 269 Å². The Kier molecular flexibility index (Phi) is 31.3. The summed E-state index contributed by atoms with van der Waals surface area (Å²) in [5.41, 5.74) is 5.39. The van der Waals surface area contributed by atoms with E-state index in [1.54, 1.807) is 0 Å². The first-order chi connectivity index (χ1) is 21.3. The Hall–Kier alpha value is -0.990. The molecule has 0 fully saturated rings. The molecule has 0 radical (unpaired) electrons. The van der Waals surface area contributed by atoms with Crippen molar-refractivity contribution in [1.29, 1.82) is 0 Å². The molecule has 2 unspecified atom stereocenters.